The predicted octanol–water partition coefficient (Wildman–Crippen LogP) is 2.66. The minimum Gasteiger partial charge on any atom is -0.423 e. The molecule has 95 valence electrons. The molecule has 2 aromatic carbocycles. The van der Waals surface area contributed by atoms with Crippen molar-refractivity contribution in [2.75, 3.05) is 5.32 Å². The molecule has 0 fully saturated rings. The number of amides is 1. The molecule has 0 atom stereocenters. The number of hydrogen-bond donors (Lipinski definition) is 1. The number of nitrogens with one attached hydrogen (secondary N) is 1. The zero-order valence-electron chi connectivity index (χ0n) is 10.3. The van der Waals surface area contributed by atoms with Gasteiger partial charge in [0.15, 0.2) is 0 Å². The van der Waals surface area contributed by atoms with Crippen LogP contribution in [0.2, 0.25) is 0 Å². The third-order valence-corrected chi connectivity index (χ3v) is 2.34. The van der Waals surface area contributed by atoms with E-state index in [1.54, 1.807) is 48.5 Å². The van der Waals surface area contributed by atoms with Crippen LogP contribution in [0, 0.1) is 6.07 Å². The Kier molecular flexibility index (Phi) is 3.93. The zero-order chi connectivity index (χ0) is 13.7. The van der Waals surface area contributed by atoms with Crippen LogP contribution >= 0.6 is 0 Å². The standard InChI is InChI=1S/C15H12NO3/c1-11(17)16-13-9-7-12(8-10-13)15(18)19-14-5-3-2-4-6-14/h3-10H,1H3,(H,16,17). The smallest absolute Gasteiger partial charge is 0.343 e. The van der Waals surface area contributed by atoms with Gasteiger partial charge in [0.2, 0.25) is 5.91 Å². The number of rotatable bonds is 3. The molecule has 1 N–H and O–H groups in total. The third kappa shape index (κ3) is 3.67. The highest BCUT2D eigenvalue weighted by atomic mass is 16.5. The number of esters is 1. The minimum atomic E-state index is -0.444. The van der Waals surface area contributed by atoms with Crippen LogP contribution in [-0.2, 0) is 4.79 Å². The van der Waals surface area contributed by atoms with Gasteiger partial charge in [-0.25, -0.2) is 4.79 Å². The number of carbonyl (C=O) groups is 2. The molecule has 0 spiro atoms. The minimum absolute atomic E-state index is 0.157. The molecule has 0 aliphatic rings. The summed E-state index contributed by atoms with van der Waals surface area (Å²) in [6, 6.07) is 16.0. The Morgan fingerprint density at radius 3 is 2.26 bits per heavy atom. The van der Waals surface area contributed by atoms with Crippen molar-refractivity contribution in [2.24, 2.45) is 0 Å². The second-order valence-corrected chi connectivity index (χ2v) is 3.88. The van der Waals surface area contributed by atoms with E-state index in [0.29, 0.717) is 17.0 Å². The fraction of sp³-hybridized carbons (Fsp3) is 0.0667. The highest BCUT2D eigenvalue weighted by molar-refractivity contribution is 5.93. The summed E-state index contributed by atoms with van der Waals surface area (Å²) in [5.41, 5.74) is 1.06. The van der Waals surface area contributed by atoms with E-state index in [-0.39, 0.29) is 5.91 Å². The van der Waals surface area contributed by atoms with E-state index in [9.17, 15) is 9.59 Å². The van der Waals surface area contributed by atoms with Gasteiger partial charge in [-0.3, -0.25) is 4.79 Å². The van der Waals surface area contributed by atoms with Crippen molar-refractivity contribution < 1.29 is 14.3 Å². The van der Waals surface area contributed by atoms with Crippen molar-refractivity contribution in [1.82, 2.24) is 0 Å². The van der Waals surface area contributed by atoms with Gasteiger partial charge in [-0.15, -0.1) is 0 Å². The van der Waals surface area contributed by atoms with Crippen molar-refractivity contribution >= 4 is 17.6 Å². The summed E-state index contributed by atoms with van der Waals surface area (Å²) in [5.74, 6) is -0.133. The number of benzene rings is 2. The molecule has 2 aromatic rings. The Bertz CT molecular complexity index is 576. The van der Waals surface area contributed by atoms with Gasteiger partial charge < -0.3 is 10.1 Å². The van der Waals surface area contributed by atoms with Gasteiger partial charge in [0.25, 0.3) is 0 Å². The molecule has 0 heterocycles. The number of carbonyl (C=O) groups excluding carboxylic acids is 2. The Morgan fingerprint density at radius 2 is 1.68 bits per heavy atom. The van der Waals surface area contributed by atoms with E-state index >= 15 is 0 Å². The molecule has 19 heavy (non-hydrogen) atoms. The lowest BCUT2D eigenvalue weighted by atomic mass is 10.2. The van der Waals surface area contributed by atoms with Crippen LogP contribution in [0.1, 0.15) is 17.3 Å². The molecular formula is C15H12NO3. The fourth-order valence-corrected chi connectivity index (χ4v) is 1.50. The van der Waals surface area contributed by atoms with Crippen molar-refractivity contribution in [3.05, 3.63) is 60.2 Å². The largest absolute Gasteiger partial charge is 0.423 e. The topological polar surface area (TPSA) is 55.4 Å². The van der Waals surface area contributed by atoms with Gasteiger partial charge in [-0.05, 0) is 42.5 Å². The fourth-order valence-electron chi connectivity index (χ4n) is 1.50. The molecular weight excluding hydrogens is 242 g/mol. The first kappa shape index (κ1) is 12.8. The maximum Gasteiger partial charge on any atom is 0.343 e. The molecule has 0 aliphatic carbocycles. The molecule has 0 saturated heterocycles. The predicted molar refractivity (Wildman–Crippen MR) is 71.0 cm³/mol. The van der Waals surface area contributed by atoms with Crippen molar-refractivity contribution in [2.45, 2.75) is 6.92 Å². The van der Waals surface area contributed by atoms with Crippen LogP contribution in [0.4, 0.5) is 5.69 Å². The lowest BCUT2D eigenvalue weighted by Crippen LogP contribution is -2.09. The zero-order valence-corrected chi connectivity index (χ0v) is 10.3. The highest BCUT2D eigenvalue weighted by Crippen LogP contribution is 2.14. The van der Waals surface area contributed by atoms with Crippen LogP contribution in [0.3, 0.4) is 0 Å². The molecule has 4 heteroatoms. The van der Waals surface area contributed by atoms with Crippen LogP contribution in [-0.4, -0.2) is 11.9 Å². The summed E-state index contributed by atoms with van der Waals surface area (Å²) in [7, 11) is 0. The molecule has 0 saturated carbocycles. The van der Waals surface area contributed by atoms with Gasteiger partial charge in [0, 0.05) is 12.6 Å². The Labute approximate surface area is 111 Å². The first-order chi connectivity index (χ1) is 9.15. The normalized spacial score (nSPS) is 9.74. The molecule has 2 rings (SSSR count). The van der Waals surface area contributed by atoms with Gasteiger partial charge in [-0.2, -0.15) is 0 Å². The van der Waals surface area contributed by atoms with Crippen LogP contribution in [0.5, 0.6) is 5.75 Å². The lowest BCUT2D eigenvalue weighted by Gasteiger charge is -2.05. The summed E-state index contributed by atoms with van der Waals surface area (Å²) in [6.07, 6.45) is 0. The summed E-state index contributed by atoms with van der Waals surface area (Å²) in [6.45, 7) is 1.43. The van der Waals surface area contributed by atoms with E-state index in [4.69, 9.17) is 4.74 Å². The Balaban J connectivity index is 2.05. The van der Waals surface area contributed by atoms with E-state index in [1.807, 2.05) is 0 Å². The summed E-state index contributed by atoms with van der Waals surface area (Å²) < 4.78 is 5.18. The second kappa shape index (κ2) is 5.82. The van der Waals surface area contributed by atoms with Gasteiger partial charge in [-0.1, -0.05) is 12.1 Å². The summed E-state index contributed by atoms with van der Waals surface area (Å²) in [4.78, 5) is 22.7. The van der Waals surface area contributed by atoms with E-state index in [2.05, 4.69) is 11.4 Å². The van der Waals surface area contributed by atoms with Crippen LogP contribution < -0.4 is 10.1 Å². The monoisotopic (exact) mass is 254 g/mol. The first-order valence-corrected chi connectivity index (χ1v) is 5.71. The summed E-state index contributed by atoms with van der Waals surface area (Å²) >= 11 is 0. The van der Waals surface area contributed by atoms with Gasteiger partial charge >= 0.3 is 5.97 Å². The van der Waals surface area contributed by atoms with Crippen molar-refractivity contribution in [1.29, 1.82) is 0 Å². The third-order valence-electron chi connectivity index (χ3n) is 2.34. The molecule has 0 aliphatic heterocycles. The van der Waals surface area contributed by atoms with Crippen molar-refractivity contribution in [3.8, 4) is 5.75 Å². The highest BCUT2D eigenvalue weighted by Gasteiger charge is 2.08. The lowest BCUT2D eigenvalue weighted by molar-refractivity contribution is -0.114. The summed E-state index contributed by atoms with van der Waals surface area (Å²) in [5, 5.41) is 2.63. The SMILES string of the molecule is CC(=O)Nc1ccc(C(=O)Oc2cc[c]cc2)cc1. The maximum absolute atomic E-state index is 11.8. The second-order valence-electron chi connectivity index (χ2n) is 3.88. The van der Waals surface area contributed by atoms with E-state index < -0.39 is 5.97 Å². The molecule has 1 radical (unpaired) electrons. The molecule has 1 amide bonds. The molecule has 4 nitrogen and oxygen atoms in total. The average Bonchev–Trinajstić information content (AvgIpc) is 2.40. The first-order valence-electron chi connectivity index (χ1n) is 5.71. The average molecular weight is 254 g/mol. The number of hydrogen-bond acceptors (Lipinski definition) is 3. The molecule has 0 bridgehead atoms. The molecule has 0 unspecified atom stereocenters. The Hall–Kier alpha value is -2.62. The van der Waals surface area contributed by atoms with E-state index in [0.717, 1.165) is 0 Å². The van der Waals surface area contributed by atoms with E-state index in [1.165, 1.54) is 6.92 Å². The van der Waals surface area contributed by atoms with Crippen molar-refractivity contribution in [3.63, 3.8) is 0 Å². The van der Waals surface area contributed by atoms with Crippen LogP contribution in [0.15, 0.2) is 48.5 Å². The number of ether oxygens (including phenoxy) is 1. The quantitative estimate of drug-likeness (QED) is 0.676. The van der Waals surface area contributed by atoms with Crippen LogP contribution in [0.25, 0.3) is 0 Å². The Morgan fingerprint density at radius 1 is 1.05 bits per heavy atom. The number of anilines is 1. The van der Waals surface area contributed by atoms with Gasteiger partial charge in [0.05, 0.1) is 5.56 Å². The van der Waals surface area contributed by atoms with Gasteiger partial charge in [0.1, 0.15) is 5.75 Å². The molecule has 0 aromatic heterocycles. The maximum atomic E-state index is 11.8.